The molecule has 1 aliphatic heterocycles. The molecule has 1 aliphatic carbocycles. The maximum Gasteiger partial charge on any atom is 0.273 e. The lowest BCUT2D eigenvalue weighted by atomic mass is 9.92. The van der Waals surface area contributed by atoms with Gasteiger partial charge in [0.25, 0.3) is 5.91 Å². The zero-order valence-corrected chi connectivity index (χ0v) is 22.3. The van der Waals surface area contributed by atoms with Gasteiger partial charge in [0.2, 0.25) is 11.8 Å². The number of methoxy groups -OCH3 is 1. The standard InChI is InChI=1S/C28H40N4O4/c1-18(2)14-15-32-26(34)25-24(29-19(3)33)22-16-21(36-5)12-13-23(22)31(25)17-28(32,4)27(35)30-20-10-8-6-7-9-11-20/h12-13,16,18,20H,6-11,14-15,17H2,1-5H3,(H,29,33)(H,30,35)/t28-/m1/s1. The van der Waals surface area contributed by atoms with Crippen LogP contribution in [0.4, 0.5) is 5.69 Å². The van der Waals surface area contributed by atoms with Gasteiger partial charge in [-0.25, -0.2) is 0 Å². The third kappa shape index (κ3) is 4.95. The SMILES string of the molecule is COc1ccc2c(c1)c(NC(C)=O)c1n2C[C@](C)(C(=O)NC2CCCCCC2)N(CCC(C)C)C1=O. The molecule has 0 bridgehead atoms. The molecule has 0 spiro atoms. The molecule has 1 atom stereocenters. The average molecular weight is 497 g/mol. The maximum atomic E-state index is 14.2. The van der Waals surface area contributed by atoms with Crippen LogP contribution in [0, 0.1) is 5.92 Å². The van der Waals surface area contributed by atoms with E-state index in [-0.39, 0.29) is 23.8 Å². The van der Waals surface area contributed by atoms with Gasteiger partial charge in [0.1, 0.15) is 17.0 Å². The second-order valence-corrected chi connectivity index (χ2v) is 10.9. The number of nitrogens with zero attached hydrogens (tertiary/aromatic N) is 2. The number of aromatic nitrogens is 1. The molecule has 36 heavy (non-hydrogen) atoms. The smallest absolute Gasteiger partial charge is 0.273 e. The minimum atomic E-state index is -1.05. The van der Waals surface area contributed by atoms with Gasteiger partial charge in [-0.1, -0.05) is 39.5 Å². The number of anilines is 1. The van der Waals surface area contributed by atoms with Crippen molar-refractivity contribution >= 4 is 34.3 Å². The minimum absolute atomic E-state index is 0.103. The van der Waals surface area contributed by atoms with Gasteiger partial charge in [-0.05, 0) is 50.3 Å². The summed E-state index contributed by atoms with van der Waals surface area (Å²) >= 11 is 0. The van der Waals surface area contributed by atoms with Crippen molar-refractivity contribution in [2.45, 2.75) is 90.8 Å². The van der Waals surface area contributed by atoms with Crippen LogP contribution >= 0.6 is 0 Å². The van der Waals surface area contributed by atoms with Crippen LogP contribution in [0.1, 0.15) is 83.1 Å². The van der Waals surface area contributed by atoms with Crippen molar-refractivity contribution in [3.05, 3.63) is 23.9 Å². The van der Waals surface area contributed by atoms with Gasteiger partial charge in [-0.15, -0.1) is 0 Å². The van der Waals surface area contributed by atoms with Crippen LogP contribution in [0.3, 0.4) is 0 Å². The highest BCUT2D eigenvalue weighted by Crippen LogP contribution is 2.40. The Morgan fingerprint density at radius 2 is 1.86 bits per heavy atom. The van der Waals surface area contributed by atoms with E-state index < -0.39 is 5.54 Å². The Morgan fingerprint density at radius 3 is 2.47 bits per heavy atom. The van der Waals surface area contributed by atoms with E-state index in [0.29, 0.717) is 36.1 Å². The summed E-state index contributed by atoms with van der Waals surface area (Å²) in [5.41, 5.74) is 0.629. The molecule has 196 valence electrons. The molecule has 2 aromatic rings. The highest BCUT2D eigenvalue weighted by Gasteiger charge is 2.49. The molecule has 1 aromatic carbocycles. The molecule has 1 aromatic heterocycles. The van der Waals surface area contributed by atoms with Gasteiger partial charge >= 0.3 is 0 Å². The van der Waals surface area contributed by atoms with E-state index in [4.69, 9.17) is 4.74 Å². The van der Waals surface area contributed by atoms with Crippen LogP contribution in [0.2, 0.25) is 0 Å². The van der Waals surface area contributed by atoms with Gasteiger partial charge in [0.05, 0.1) is 24.9 Å². The fourth-order valence-corrected chi connectivity index (χ4v) is 5.59. The van der Waals surface area contributed by atoms with Crippen LogP contribution in [0.25, 0.3) is 10.9 Å². The Balaban J connectivity index is 1.81. The molecule has 2 N–H and O–H groups in total. The number of nitrogens with one attached hydrogen (secondary N) is 2. The number of hydrogen-bond donors (Lipinski definition) is 2. The Kier molecular flexibility index (Phi) is 7.62. The summed E-state index contributed by atoms with van der Waals surface area (Å²) in [5.74, 6) is 0.413. The number of fused-ring (bicyclic) bond motifs is 3. The maximum absolute atomic E-state index is 14.2. The molecular weight excluding hydrogens is 456 g/mol. The fourth-order valence-electron chi connectivity index (χ4n) is 5.59. The first-order chi connectivity index (χ1) is 17.2. The van der Waals surface area contributed by atoms with E-state index in [1.807, 2.05) is 29.7 Å². The lowest BCUT2D eigenvalue weighted by molar-refractivity contribution is -0.133. The largest absolute Gasteiger partial charge is 0.497 e. The first-order valence-corrected chi connectivity index (χ1v) is 13.3. The Morgan fingerprint density at radius 1 is 1.17 bits per heavy atom. The topological polar surface area (TPSA) is 92.7 Å². The van der Waals surface area contributed by atoms with Crippen molar-refractivity contribution in [1.29, 1.82) is 0 Å². The summed E-state index contributed by atoms with van der Waals surface area (Å²) in [7, 11) is 1.59. The molecule has 3 amide bonds. The molecule has 8 heteroatoms. The predicted molar refractivity (Wildman–Crippen MR) is 141 cm³/mol. The van der Waals surface area contributed by atoms with Gasteiger partial charge in [0, 0.05) is 24.9 Å². The van der Waals surface area contributed by atoms with Crippen molar-refractivity contribution in [3.8, 4) is 5.75 Å². The lowest BCUT2D eigenvalue weighted by Crippen LogP contribution is -2.65. The van der Waals surface area contributed by atoms with Gasteiger partial charge in [-0.3, -0.25) is 14.4 Å². The number of carbonyl (C=O) groups excluding carboxylic acids is 3. The number of amides is 3. The quantitative estimate of drug-likeness (QED) is 0.543. The van der Waals surface area contributed by atoms with E-state index in [9.17, 15) is 14.4 Å². The fraction of sp³-hybridized carbons (Fsp3) is 0.607. The van der Waals surface area contributed by atoms with Crippen molar-refractivity contribution in [2.75, 3.05) is 19.0 Å². The van der Waals surface area contributed by atoms with E-state index >= 15 is 0 Å². The van der Waals surface area contributed by atoms with Gasteiger partial charge < -0.3 is 24.8 Å². The van der Waals surface area contributed by atoms with E-state index in [2.05, 4.69) is 24.5 Å². The molecule has 0 radical (unpaired) electrons. The lowest BCUT2D eigenvalue weighted by Gasteiger charge is -2.45. The summed E-state index contributed by atoms with van der Waals surface area (Å²) in [6.45, 7) is 8.33. The van der Waals surface area contributed by atoms with Crippen molar-refractivity contribution in [2.24, 2.45) is 5.92 Å². The Hall–Kier alpha value is -3.03. The number of hydrogen-bond acceptors (Lipinski definition) is 4. The zero-order chi connectivity index (χ0) is 26.0. The van der Waals surface area contributed by atoms with Crippen LogP contribution in [-0.4, -0.2) is 52.4 Å². The Bertz CT molecular complexity index is 1150. The van der Waals surface area contributed by atoms with Crippen molar-refractivity contribution < 1.29 is 19.1 Å². The minimum Gasteiger partial charge on any atom is -0.497 e. The zero-order valence-electron chi connectivity index (χ0n) is 22.3. The molecule has 2 aliphatic rings. The van der Waals surface area contributed by atoms with Crippen LogP contribution in [0.15, 0.2) is 18.2 Å². The normalized spacial score (nSPS) is 20.8. The number of benzene rings is 1. The van der Waals surface area contributed by atoms with E-state index in [1.165, 1.54) is 19.8 Å². The molecule has 1 saturated carbocycles. The van der Waals surface area contributed by atoms with E-state index in [1.54, 1.807) is 12.0 Å². The number of carbonyl (C=O) groups is 3. The molecular formula is C28H40N4O4. The van der Waals surface area contributed by atoms with Crippen molar-refractivity contribution in [1.82, 2.24) is 14.8 Å². The van der Waals surface area contributed by atoms with E-state index in [0.717, 1.165) is 43.0 Å². The number of ether oxygens (including phenoxy) is 1. The average Bonchev–Trinajstić information content (AvgIpc) is 2.96. The van der Waals surface area contributed by atoms with Crippen molar-refractivity contribution in [3.63, 3.8) is 0 Å². The van der Waals surface area contributed by atoms with Crippen LogP contribution in [0.5, 0.6) is 5.75 Å². The molecule has 1 fully saturated rings. The summed E-state index contributed by atoms with van der Waals surface area (Å²) in [6.07, 6.45) is 7.38. The Labute approximate surface area is 213 Å². The second-order valence-electron chi connectivity index (χ2n) is 10.9. The predicted octanol–water partition coefficient (Wildman–Crippen LogP) is 4.71. The summed E-state index contributed by atoms with van der Waals surface area (Å²) in [6, 6.07) is 5.71. The molecule has 0 unspecified atom stereocenters. The molecule has 4 rings (SSSR count). The number of rotatable bonds is 7. The summed E-state index contributed by atoms with van der Waals surface area (Å²) in [4.78, 5) is 42.0. The van der Waals surface area contributed by atoms with Crippen LogP contribution < -0.4 is 15.4 Å². The highest BCUT2D eigenvalue weighted by atomic mass is 16.5. The monoisotopic (exact) mass is 496 g/mol. The third-order valence-electron chi connectivity index (χ3n) is 7.69. The van der Waals surface area contributed by atoms with Gasteiger partial charge in [0.15, 0.2) is 0 Å². The first kappa shape index (κ1) is 26.0. The molecule has 2 heterocycles. The molecule has 8 nitrogen and oxygen atoms in total. The summed E-state index contributed by atoms with van der Waals surface area (Å²) < 4.78 is 7.32. The summed E-state index contributed by atoms with van der Waals surface area (Å²) in [5, 5.41) is 6.92. The van der Waals surface area contributed by atoms with Crippen LogP contribution in [-0.2, 0) is 16.1 Å². The van der Waals surface area contributed by atoms with Gasteiger partial charge in [-0.2, -0.15) is 0 Å². The second kappa shape index (κ2) is 10.5. The molecule has 0 saturated heterocycles. The first-order valence-electron chi connectivity index (χ1n) is 13.3. The third-order valence-corrected chi connectivity index (χ3v) is 7.69. The highest BCUT2D eigenvalue weighted by molar-refractivity contribution is 6.14.